The summed E-state index contributed by atoms with van der Waals surface area (Å²) in [7, 11) is 0. The average molecular weight is 308 g/mol. The molecule has 0 aromatic heterocycles. The van der Waals surface area contributed by atoms with Crippen LogP contribution in [0.15, 0.2) is 18.2 Å². The van der Waals surface area contributed by atoms with Crippen LogP contribution < -0.4 is 10.1 Å². The maximum absolute atomic E-state index is 12.2. The van der Waals surface area contributed by atoms with Crippen molar-refractivity contribution < 1.29 is 28.2 Å². The highest BCUT2D eigenvalue weighted by Crippen LogP contribution is 2.24. The van der Waals surface area contributed by atoms with E-state index in [-0.39, 0.29) is 22.8 Å². The van der Waals surface area contributed by atoms with Crippen molar-refractivity contribution in [3.05, 3.63) is 28.8 Å². The molecule has 1 unspecified atom stereocenters. The van der Waals surface area contributed by atoms with E-state index in [0.29, 0.717) is 0 Å². The highest BCUT2D eigenvalue weighted by atomic mass is 35.5. The minimum absolute atomic E-state index is 0.139. The molecule has 1 atom stereocenters. The number of rotatable bonds is 6. The monoisotopic (exact) mass is 307 g/mol. The Morgan fingerprint density at radius 2 is 2.10 bits per heavy atom. The van der Waals surface area contributed by atoms with E-state index in [9.17, 15) is 18.4 Å². The summed E-state index contributed by atoms with van der Waals surface area (Å²) >= 11 is 5.69. The van der Waals surface area contributed by atoms with Gasteiger partial charge < -0.3 is 15.2 Å². The SMILES string of the molecule is CCC(NC(=O)c1cc(Cl)ccc1OC(F)F)C(=O)O. The van der Waals surface area contributed by atoms with E-state index in [2.05, 4.69) is 10.1 Å². The van der Waals surface area contributed by atoms with Gasteiger partial charge in [0.1, 0.15) is 11.8 Å². The number of carboxylic acids is 1. The van der Waals surface area contributed by atoms with Crippen molar-refractivity contribution in [2.45, 2.75) is 26.0 Å². The third-order valence-corrected chi connectivity index (χ3v) is 2.65. The van der Waals surface area contributed by atoms with Gasteiger partial charge in [-0.25, -0.2) is 4.79 Å². The molecule has 2 N–H and O–H groups in total. The highest BCUT2D eigenvalue weighted by Gasteiger charge is 2.22. The summed E-state index contributed by atoms with van der Waals surface area (Å²) in [6.07, 6.45) is 0.146. The van der Waals surface area contributed by atoms with Crippen molar-refractivity contribution in [2.75, 3.05) is 0 Å². The van der Waals surface area contributed by atoms with Gasteiger partial charge >= 0.3 is 12.6 Å². The minimum Gasteiger partial charge on any atom is -0.480 e. The Morgan fingerprint density at radius 3 is 2.60 bits per heavy atom. The van der Waals surface area contributed by atoms with Crippen molar-refractivity contribution in [1.82, 2.24) is 5.32 Å². The van der Waals surface area contributed by atoms with Gasteiger partial charge in [0.15, 0.2) is 0 Å². The predicted molar refractivity (Wildman–Crippen MR) is 67.3 cm³/mol. The molecule has 0 fully saturated rings. The van der Waals surface area contributed by atoms with Gasteiger partial charge in [-0.1, -0.05) is 18.5 Å². The van der Waals surface area contributed by atoms with E-state index in [1.165, 1.54) is 6.07 Å². The molecule has 0 aliphatic rings. The Kier molecular flexibility index (Phi) is 5.69. The van der Waals surface area contributed by atoms with Crippen molar-refractivity contribution >= 4 is 23.5 Å². The molecule has 0 saturated heterocycles. The van der Waals surface area contributed by atoms with Crippen LogP contribution >= 0.6 is 11.6 Å². The van der Waals surface area contributed by atoms with Gasteiger partial charge in [-0.05, 0) is 24.6 Å². The topological polar surface area (TPSA) is 75.6 Å². The van der Waals surface area contributed by atoms with Crippen molar-refractivity contribution in [2.24, 2.45) is 0 Å². The smallest absolute Gasteiger partial charge is 0.387 e. The van der Waals surface area contributed by atoms with Crippen LogP contribution in [0, 0.1) is 0 Å². The number of carboxylic acid groups (broad SMARTS) is 1. The fraction of sp³-hybridized carbons (Fsp3) is 0.333. The molecular formula is C12H12ClF2NO4. The molecule has 1 aromatic carbocycles. The Morgan fingerprint density at radius 1 is 1.45 bits per heavy atom. The summed E-state index contributed by atoms with van der Waals surface area (Å²) in [5.74, 6) is -2.45. The number of aliphatic carboxylic acids is 1. The van der Waals surface area contributed by atoms with Crippen LogP contribution in [0.2, 0.25) is 5.02 Å². The molecule has 5 nitrogen and oxygen atoms in total. The third kappa shape index (κ3) is 4.34. The standard InChI is InChI=1S/C12H12ClF2NO4/c1-2-8(11(18)19)16-10(17)7-5-6(13)3-4-9(7)20-12(14)15/h3-5,8,12H,2H2,1H3,(H,16,17)(H,18,19). The number of alkyl halides is 2. The lowest BCUT2D eigenvalue weighted by Gasteiger charge is -2.15. The number of halogens is 3. The molecule has 0 aliphatic carbocycles. The molecular weight excluding hydrogens is 296 g/mol. The summed E-state index contributed by atoms with van der Waals surface area (Å²) in [5, 5.41) is 11.2. The predicted octanol–water partition coefficient (Wildman–Crippen LogP) is 2.53. The van der Waals surface area contributed by atoms with E-state index >= 15 is 0 Å². The Labute approximate surface area is 118 Å². The van der Waals surface area contributed by atoms with Crippen LogP contribution in [0.5, 0.6) is 5.75 Å². The normalized spacial score (nSPS) is 12.1. The van der Waals surface area contributed by atoms with Crippen LogP contribution in [0.25, 0.3) is 0 Å². The van der Waals surface area contributed by atoms with Crippen LogP contribution in [0.3, 0.4) is 0 Å². The summed E-state index contributed by atoms with van der Waals surface area (Å²) < 4.78 is 28.7. The Hall–Kier alpha value is -1.89. The van der Waals surface area contributed by atoms with Crippen LogP contribution in [-0.4, -0.2) is 29.6 Å². The second kappa shape index (κ2) is 7.04. The van der Waals surface area contributed by atoms with Crippen LogP contribution in [-0.2, 0) is 4.79 Å². The van der Waals surface area contributed by atoms with Gasteiger partial charge in [0.2, 0.25) is 0 Å². The molecule has 1 amide bonds. The number of benzene rings is 1. The summed E-state index contributed by atoms with van der Waals surface area (Å²) in [6, 6.07) is 2.40. The molecule has 0 spiro atoms. The lowest BCUT2D eigenvalue weighted by molar-refractivity contribution is -0.139. The second-order valence-corrected chi connectivity index (χ2v) is 4.23. The van der Waals surface area contributed by atoms with E-state index in [4.69, 9.17) is 16.7 Å². The number of carbonyl (C=O) groups is 2. The number of amides is 1. The molecule has 1 aromatic rings. The van der Waals surface area contributed by atoms with E-state index in [1.54, 1.807) is 6.92 Å². The average Bonchev–Trinajstić information content (AvgIpc) is 2.36. The zero-order valence-corrected chi connectivity index (χ0v) is 11.2. The van der Waals surface area contributed by atoms with Crippen LogP contribution in [0.1, 0.15) is 23.7 Å². The largest absolute Gasteiger partial charge is 0.480 e. The molecule has 8 heteroatoms. The molecule has 0 radical (unpaired) electrons. The maximum Gasteiger partial charge on any atom is 0.387 e. The van der Waals surface area contributed by atoms with Gasteiger partial charge in [0, 0.05) is 5.02 Å². The van der Waals surface area contributed by atoms with Crippen molar-refractivity contribution in [3.63, 3.8) is 0 Å². The van der Waals surface area contributed by atoms with Crippen molar-refractivity contribution in [1.29, 1.82) is 0 Å². The fourth-order valence-electron chi connectivity index (χ4n) is 1.45. The highest BCUT2D eigenvalue weighted by molar-refractivity contribution is 6.31. The number of ether oxygens (including phenoxy) is 1. The zero-order valence-electron chi connectivity index (χ0n) is 10.4. The molecule has 0 aliphatic heterocycles. The zero-order chi connectivity index (χ0) is 15.3. The first-order valence-corrected chi connectivity index (χ1v) is 6.01. The second-order valence-electron chi connectivity index (χ2n) is 3.79. The molecule has 0 bridgehead atoms. The first-order chi connectivity index (χ1) is 9.35. The van der Waals surface area contributed by atoms with E-state index in [0.717, 1.165) is 12.1 Å². The molecule has 1 rings (SSSR count). The third-order valence-electron chi connectivity index (χ3n) is 2.41. The number of carbonyl (C=O) groups excluding carboxylic acids is 1. The summed E-state index contributed by atoms with van der Waals surface area (Å²) in [4.78, 5) is 22.7. The Bertz CT molecular complexity index is 510. The first-order valence-electron chi connectivity index (χ1n) is 5.63. The lowest BCUT2D eigenvalue weighted by atomic mass is 10.1. The molecule has 20 heavy (non-hydrogen) atoms. The summed E-state index contributed by atoms with van der Waals surface area (Å²) in [6.45, 7) is -1.54. The fourth-order valence-corrected chi connectivity index (χ4v) is 1.62. The molecule has 0 saturated carbocycles. The molecule has 0 heterocycles. The first kappa shape index (κ1) is 16.2. The Balaban J connectivity index is 3.01. The maximum atomic E-state index is 12.2. The van der Waals surface area contributed by atoms with Crippen LogP contribution in [0.4, 0.5) is 8.78 Å². The van der Waals surface area contributed by atoms with E-state index in [1.807, 2.05) is 0 Å². The van der Waals surface area contributed by atoms with Crippen molar-refractivity contribution in [3.8, 4) is 5.75 Å². The number of hydrogen-bond acceptors (Lipinski definition) is 3. The van der Waals surface area contributed by atoms with Gasteiger partial charge in [-0.3, -0.25) is 4.79 Å². The quantitative estimate of drug-likeness (QED) is 0.847. The minimum atomic E-state index is -3.11. The van der Waals surface area contributed by atoms with E-state index < -0.39 is 24.5 Å². The van der Waals surface area contributed by atoms with Gasteiger partial charge in [-0.15, -0.1) is 0 Å². The van der Waals surface area contributed by atoms with Gasteiger partial charge in [-0.2, -0.15) is 8.78 Å². The van der Waals surface area contributed by atoms with Gasteiger partial charge in [0.05, 0.1) is 5.56 Å². The number of hydrogen-bond donors (Lipinski definition) is 2. The number of nitrogens with one attached hydrogen (secondary N) is 1. The van der Waals surface area contributed by atoms with Gasteiger partial charge in [0.25, 0.3) is 5.91 Å². The molecule has 110 valence electrons. The lowest BCUT2D eigenvalue weighted by Crippen LogP contribution is -2.40. The summed E-state index contributed by atoms with van der Waals surface area (Å²) in [5.41, 5.74) is -0.252.